The van der Waals surface area contributed by atoms with Gasteiger partial charge in [-0.3, -0.25) is 4.79 Å². The molecule has 1 aromatic carbocycles. The van der Waals surface area contributed by atoms with Gasteiger partial charge < -0.3 is 5.32 Å². The molecule has 0 saturated heterocycles. The Morgan fingerprint density at radius 2 is 2.00 bits per heavy atom. The second-order valence-electron chi connectivity index (χ2n) is 6.16. The number of nitrogens with one attached hydrogen (secondary N) is 1. The van der Waals surface area contributed by atoms with Gasteiger partial charge >= 0.3 is 0 Å². The Bertz CT molecular complexity index is 900. The van der Waals surface area contributed by atoms with Gasteiger partial charge in [-0.1, -0.05) is 37.6 Å². The molecule has 0 aliphatic rings. The summed E-state index contributed by atoms with van der Waals surface area (Å²) in [6, 6.07) is 11.1. The van der Waals surface area contributed by atoms with E-state index in [2.05, 4.69) is 15.4 Å². The Hall–Kier alpha value is -2.66. The van der Waals surface area contributed by atoms with Crippen LogP contribution < -0.4 is 5.32 Å². The fourth-order valence-electron chi connectivity index (χ4n) is 2.63. The van der Waals surface area contributed by atoms with Crippen molar-refractivity contribution in [2.75, 3.05) is 5.32 Å². The van der Waals surface area contributed by atoms with E-state index in [-0.39, 0.29) is 11.8 Å². The van der Waals surface area contributed by atoms with E-state index in [4.69, 9.17) is 11.6 Å². The first-order valence-corrected chi connectivity index (χ1v) is 8.41. The smallest absolute Gasteiger partial charge is 0.260 e. The minimum Gasteiger partial charge on any atom is -0.306 e. The van der Waals surface area contributed by atoms with Crippen molar-refractivity contribution in [1.82, 2.24) is 14.8 Å². The number of aromatic nitrogens is 3. The minimum atomic E-state index is -0.228. The van der Waals surface area contributed by atoms with Crippen LogP contribution in [0.1, 0.15) is 41.4 Å². The Kier molecular flexibility index (Phi) is 4.86. The number of aryl methyl sites for hydroxylation is 1. The molecular formula is C19H19ClN4O. The molecule has 2 aromatic heterocycles. The zero-order valence-electron chi connectivity index (χ0n) is 14.3. The molecule has 5 nitrogen and oxygen atoms in total. The van der Waals surface area contributed by atoms with E-state index in [9.17, 15) is 4.79 Å². The van der Waals surface area contributed by atoms with Gasteiger partial charge in [-0.15, -0.1) is 0 Å². The van der Waals surface area contributed by atoms with E-state index in [1.54, 1.807) is 29.2 Å². The van der Waals surface area contributed by atoms with Crippen LogP contribution in [-0.2, 0) is 0 Å². The Balaban J connectivity index is 1.96. The summed E-state index contributed by atoms with van der Waals surface area (Å²) < 4.78 is 1.76. The lowest BCUT2D eigenvalue weighted by Crippen LogP contribution is -2.16. The minimum absolute atomic E-state index is 0.105. The molecule has 6 heteroatoms. The Morgan fingerprint density at radius 1 is 1.20 bits per heavy atom. The zero-order chi connectivity index (χ0) is 18.0. The topological polar surface area (TPSA) is 59.8 Å². The molecule has 0 bridgehead atoms. The van der Waals surface area contributed by atoms with Crippen LogP contribution in [0.15, 0.2) is 48.8 Å². The summed E-state index contributed by atoms with van der Waals surface area (Å²) in [5, 5.41) is 7.85. The van der Waals surface area contributed by atoms with Crippen LogP contribution in [0.3, 0.4) is 0 Å². The Morgan fingerprint density at radius 3 is 2.64 bits per heavy atom. The van der Waals surface area contributed by atoms with Gasteiger partial charge in [-0.25, -0.2) is 9.67 Å². The quantitative estimate of drug-likeness (QED) is 0.744. The maximum Gasteiger partial charge on any atom is 0.260 e. The molecule has 0 atom stereocenters. The Labute approximate surface area is 151 Å². The molecule has 3 rings (SSSR count). The van der Waals surface area contributed by atoms with Crippen molar-refractivity contribution in [2.45, 2.75) is 26.7 Å². The normalized spacial score (nSPS) is 10.9. The highest BCUT2D eigenvalue weighted by Crippen LogP contribution is 2.25. The van der Waals surface area contributed by atoms with Crippen LogP contribution in [0.5, 0.6) is 0 Å². The molecule has 1 N–H and O–H groups in total. The van der Waals surface area contributed by atoms with Crippen LogP contribution in [0.2, 0.25) is 5.02 Å². The molecule has 0 aliphatic heterocycles. The summed E-state index contributed by atoms with van der Waals surface area (Å²) in [7, 11) is 0. The SMILES string of the molecule is Cc1ccc(NC(=O)c2cnn(-c3cccc(Cl)c3)c2C(C)C)nc1. The second kappa shape index (κ2) is 7.07. The molecule has 0 aliphatic carbocycles. The van der Waals surface area contributed by atoms with E-state index in [0.717, 1.165) is 16.9 Å². The number of carbonyl (C=O) groups excluding carboxylic acids is 1. The molecule has 0 radical (unpaired) electrons. The monoisotopic (exact) mass is 354 g/mol. The molecule has 0 spiro atoms. The average molecular weight is 355 g/mol. The number of amides is 1. The van der Waals surface area contributed by atoms with Crippen LogP contribution in [0, 0.1) is 6.92 Å². The second-order valence-corrected chi connectivity index (χ2v) is 6.60. The summed E-state index contributed by atoms with van der Waals surface area (Å²) >= 11 is 6.09. The molecule has 0 fully saturated rings. The van der Waals surface area contributed by atoms with E-state index in [1.165, 1.54) is 0 Å². The molecule has 2 heterocycles. The van der Waals surface area contributed by atoms with Gasteiger partial charge in [-0.05, 0) is 42.7 Å². The number of halogens is 1. The van der Waals surface area contributed by atoms with E-state index >= 15 is 0 Å². The number of hydrogen-bond donors (Lipinski definition) is 1. The lowest BCUT2D eigenvalue weighted by molar-refractivity contribution is 0.102. The van der Waals surface area contributed by atoms with Crippen LogP contribution >= 0.6 is 11.6 Å². The average Bonchev–Trinajstić information content (AvgIpc) is 3.02. The number of rotatable bonds is 4. The fraction of sp³-hybridized carbons (Fsp3) is 0.211. The summed E-state index contributed by atoms with van der Waals surface area (Å²) in [5.74, 6) is 0.391. The molecule has 1 amide bonds. The summed E-state index contributed by atoms with van der Waals surface area (Å²) in [5.41, 5.74) is 3.21. The maximum absolute atomic E-state index is 12.7. The zero-order valence-corrected chi connectivity index (χ0v) is 15.1. The van der Waals surface area contributed by atoms with Gasteiger partial charge in [0.05, 0.1) is 23.1 Å². The largest absolute Gasteiger partial charge is 0.306 e. The van der Waals surface area contributed by atoms with Crippen LogP contribution in [0.4, 0.5) is 5.82 Å². The molecule has 25 heavy (non-hydrogen) atoms. The third-order valence-electron chi connectivity index (χ3n) is 3.80. The van der Waals surface area contributed by atoms with Gasteiger partial charge in [0.25, 0.3) is 5.91 Å². The molecule has 128 valence electrons. The van der Waals surface area contributed by atoms with Crippen molar-refractivity contribution in [2.24, 2.45) is 0 Å². The lowest BCUT2D eigenvalue weighted by atomic mass is 10.0. The fourth-order valence-corrected chi connectivity index (χ4v) is 2.81. The third-order valence-corrected chi connectivity index (χ3v) is 4.04. The van der Waals surface area contributed by atoms with Gasteiger partial charge in [-0.2, -0.15) is 5.10 Å². The van der Waals surface area contributed by atoms with E-state index in [1.807, 2.05) is 45.0 Å². The number of hydrogen-bond acceptors (Lipinski definition) is 3. The van der Waals surface area contributed by atoms with Crippen molar-refractivity contribution in [3.05, 3.63) is 70.6 Å². The predicted octanol–water partition coefficient (Wildman–Crippen LogP) is 4.60. The summed E-state index contributed by atoms with van der Waals surface area (Å²) in [6.45, 7) is 6.00. The molecular weight excluding hydrogens is 336 g/mol. The van der Waals surface area contributed by atoms with E-state index in [0.29, 0.717) is 16.4 Å². The van der Waals surface area contributed by atoms with E-state index < -0.39 is 0 Å². The number of benzene rings is 1. The highest BCUT2D eigenvalue weighted by atomic mass is 35.5. The van der Waals surface area contributed by atoms with Crippen molar-refractivity contribution in [3.63, 3.8) is 0 Å². The number of anilines is 1. The first-order valence-electron chi connectivity index (χ1n) is 8.03. The standard InChI is InChI=1S/C19H19ClN4O/c1-12(2)18-16(19(25)23-17-8-7-13(3)10-21-17)11-22-24(18)15-6-4-5-14(20)9-15/h4-12H,1-3H3,(H,21,23,25). The van der Waals surface area contributed by atoms with Crippen LogP contribution in [-0.4, -0.2) is 20.7 Å². The van der Waals surface area contributed by atoms with Gasteiger partial charge in [0.1, 0.15) is 5.82 Å². The summed E-state index contributed by atoms with van der Waals surface area (Å²) in [4.78, 5) is 16.9. The lowest BCUT2D eigenvalue weighted by Gasteiger charge is -2.13. The molecule has 3 aromatic rings. The first-order chi connectivity index (χ1) is 12.0. The first kappa shape index (κ1) is 17.2. The summed E-state index contributed by atoms with van der Waals surface area (Å²) in [6.07, 6.45) is 3.30. The van der Waals surface area contributed by atoms with Crippen molar-refractivity contribution in [1.29, 1.82) is 0 Å². The van der Waals surface area contributed by atoms with Crippen molar-refractivity contribution < 1.29 is 4.79 Å². The molecule has 0 saturated carbocycles. The van der Waals surface area contributed by atoms with Crippen molar-refractivity contribution >= 4 is 23.3 Å². The van der Waals surface area contributed by atoms with Gasteiger partial charge in [0.15, 0.2) is 0 Å². The third kappa shape index (κ3) is 3.72. The highest BCUT2D eigenvalue weighted by molar-refractivity contribution is 6.30. The number of carbonyl (C=O) groups is 1. The predicted molar refractivity (Wildman–Crippen MR) is 99.6 cm³/mol. The maximum atomic E-state index is 12.7. The highest BCUT2D eigenvalue weighted by Gasteiger charge is 2.21. The number of pyridine rings is 1. The van der Waals surface area contributed by atoms with Gasteiger partial charge in [0.2, 0.25) is 0 Å². The van der Waals surface area contributed by atoms with Crippen LogP contribution in [0.25, 0.3) is 5.69 Å². The number of nitrogens with zero attached hydrogens (tertiary/aromatic N) is 3. The van der Waals surface area contributed by atoms with Crippen molar-refractivity contribution in [3.8, 4) is 5.69 Å². The van der Waals surface area contributed by atoms with Gasteiger partial charge in [0, 0.05) is 11.2 Å². The molecule has 0 unspecified atom stereocenters.